The van der Waals surface area contributed by atoms with Gasteiger partial charge in [-0.15, -0.1) is 5.10 Å². The topological polar surface area (TPSA) is 138 Å². The Kier molecular flexibility index (Phi) is 7.49. The summed E-state index contributed by atoms with van der Waals surface area (Å²) in [4.78, 5) is 24.8. The van der Waals surface area contributed by atoms with Crippen molar-refractivity contribution in [3.8, 4) is 11.7 Å². The number of fused-ring (bicyclic) bond motifs is 6. The number of halogens is 3. The Balaban J connectivity index is 1.30. The van der Waals surface area contributed by atoms with Crippen LogP contribution in [0.15, 0.2) is 47.6 Å². The van der Waals surface area contributed by atoms with E-state index in [1.165, 1.54) is 10.7 Å². The molecule has 11 nitrogen and oxygen atoms in total. The fraction of sp³-hybridized carbons (Fsp3) is 0.517. The largest absolute Gasteiger partial charge is 0.477 e. The Labute approximate surface area is 253 Å². The van der Waals surface area contributed by atoms with Crippen molar-refractivity contribution in [3.05, 3.63) is 48.2 Å². The van der Waals surface area contributed by atoms with Crippen LogP contribution in [0.2, 0.25) is 0 Å². The van der Waals surface area contributed by atoms with Crippen LogP contribution in [0.25, 0.3) is 5.82 Å². The number of carbonyl (C=O) groups is 1. The van der Waals surface area contributed by atoms with E-state index in [9.17, 15) is 22.2 Å². The van der Waals surface area contributed by atoms with Crippen molar-refractivity contribution in [2.24, 2.45) is 11.3 Å². The number of ether oxygens (including phenoxy) is 1. The van der Waals surface area contributed by atoms with Crippen molar-refractivity contribution in [2.75, 3.05) is 29.9 Å². The maximum Gasteiger partial charge on any atom is 0.394 e. The second-order valence-corrected chi connectivity index (χ2v) is 14.2. The maximum atomic E-state index is 13.6. The molecule has 0 radical (unpaired) electrons. The van der Waals surface area contributed by atoms with Crippen molar-refractivity contribution in [1.29, 1.82) is 4.78 Å². The molecule has 4 bridgehead atoms. The summed E-state index contributed by atoms with van der Waals surface area (Å²) in [6.45, 7) is 5.34. The zero-order valence-corrected chi connectivity index (χ0v) is 25.3. The molecule has 0 aromatic carbocycles. The molecule has 3 N–H and O–H groups in total. The molecule has 0 spiro atoms. The minimum absolute atomic E-state index is 0.0640. The van der Waals surface area contributed by atoms with E-state index >= 15 is 0 Å². The number of rotatable bonds is 5. The third-order valence-corrected chi connectivity index (χ3v) is 10.0. The first-order valence-corrected chi connectivity index (χ1v) is 16.2. The number of aromatic nitrogens is 4. The molecule has 15 heteroatoms. The lowest BCUT2D eigenvalue weighted by Crippen LogP contribution is -2.41. The molecule has 3 aliphatic rings. The molecule has 2 fully saturated rings. The number of hydrogen-bond acceptors (Lipinski definition) is 9. The second kappa shape index (κ2) is 10.9. The third-order valence-electron chi connectivity index (χ3n) is 8.75. The Morgan fingerprint density at radius 2 is 1.95 bits per heavy atom. The molecular formula is C29H35F3N8O3S. The van der Waals surface area contributed by atoms with Crippen molar-refractivity contribution >= 4 is 27.5 Å². The van der Waals surface area contributed by atoms with Gasteiger partial charge in [0.05, 0.1) is 17.6 Å². The van der Waals surface area contributed by atoms with E-state index in [1.54, 1.807) is 36.5 Å². The zero-order valence-electron chi connectivity index (χ0n) is 24.5. The summed E-state index contributed by atoms with van der Waals surface area (Å²) in [5.41, 5.74) is -1.87. The Bertz CT molecular complexity index is 1670. The normalized spacial score (nSPS) is 24.3. The highest BCUT2D eigenvalue weighted by Crippen LogP contribution is 2.59. The van der Waals surface area contributed by atoms with Gasteiger partial charge >= 0.3 is 6.18 Å². The number of nitrogens with zero attached hydrogens (tertiary/aromatic N) is 5. The van der Waals surface area contributed by atoms with Gasteiger partial charge in [0.1, 0.15) is 11.6 Å². The molecule has 1 amide bonds. The molecule has 236 valence electrons. The van der Waals surface area contributed by atoms with E-state index in [4.69, 9.17) is 14.5 Å². The summed E-state index contributed by atoms with van der Waals surface area (Å²) in [6, 6.07) is 9.50. The van der Waals surface area contributed by atoms with Crippen LogP contribution in [0.4, 0.5) is 24.8 Å². The summed E-state index contributed by atoms with van der Waals surface area (Å²) < 4.78 is 71.0. The minimum atomic E-state index is -4.24. The first kappa shape index (κ1) is 30.2. The van der Waals surface area contributed by atoms with Crippen LogP contribution in [-0.4, -0.2) is 61.3 Å². The fourth-order valence-corrected chi connectivity index (χ4v) is 7.08. The highest BCUT2D eigenvalue weighted by Gasteiger charge is 2.62. The summed E-state index contributed by atoms with van der Waals surface area (Å²) in [6.07, 6.45) is 0.110. The summed E-state index contributed by atoms with van der Waals surface area (Å²) in [5.74, 6) is 0.976. The summed E-state index contributed by atoms with van der Waals surface area (Å²) >= 11 is 0. The second-order valence-electron chi connectivity index (χ2n) is 12.4. The standard InChI is InChI=1S/C29H35F3N8O3S/c1-27(2)17-19-5-4-14-34-21-6-3-7-24(35-21)44(33,42)38-26(41)20-8-9-22(36-25(20)39(27)18-19)40-15-10-23(37-40)43-16-13-28(11-12-28)29(30,31)32/h3,6-10,15,19H,4-5,11-14,16-18H2,1-2H3,(H,34,35)(H2,33,38,41,42). The Morgan fingerprint density at radius 1 is 1.16 bits per heavy atom. The van der Waals surface area contributed by atoms with E-state index in [0.717, 1.165) is 19.3 Å². The van der Waals surface area contributed by atoms with Crippen molar-refractivity contribution in [3.63, 3.8) is 0 Å². The Morgan fingerprint density at radius 3 is 2.70 bits per heavy atom. The van der Waals surface area contributed by atoms with Gasteiger partial charge in [-0.3, -0.25) is 9.52 Å². The lowest BCUT2D eigenvalue weighted by molar-refractivity contribution is -0.190. The average Bonchev–Trinajstić information content (AvgIpc) is 3.51. The van der Waals surface area contributed by atoms with Crippen LogP contribution < -0.4 is 19.7 Å². The van der Waals surface area contributed by atoms with Gasteiger partial charge in [-0.2, -0.15) is 13.2 Å². The van der Waals surface area contributed by atoms with Crippen LogP contribution in [0.1, 0.15) is 62.7 Å². The quantitative estimate of drug-likeness (QED) is 0.343. The van der Waals surface area contributed by atoms with Crippen molar-refractivity contribution < 1.29 is 26.9 Å². The van der Waals surface area contributed by atoms with E-state index in [2.05, 4.69) is 38.9 Å². The van der Waals surface area contributed by atoms with Crippen LogP contribution in [0.5, 0.6) is 5.88 Å². The predicted octanol–water partition coefficient (Wildman–Crippen LogP) is 5.33. The van der Waals surface area contributed by atoms with Gasteiger partial charge in [-0.25, -0.2) is 23.6 Å². The SMILES string of the molecule is CC1(C)CC2CCCNc3cccc(n3)S(=N)(=O)NC(=O)c3ccc(-n4ccc(OCCC5(C(F)(F)F)CC5)n4)nc3N1C2. The van der Waals surface area contributed by atoms with Crippen LogP contribution in [0, 0.1) is 16.1 Å². The first-order valence-electron chi connectivity index (χ1n) is 14.6. The number of alkyl halides is 3. The van der Waals surface area contributed by atoms with Gasteiger partial charge in [0.2, 0.25) is 5.88 Å². The fourth-order valence-electron chi connectivity index (χ4n) is 6.11. The third kappa shape index (κ3) is 5.93. The van der Waals surface area contributed by atoms with E-state index in [-0.39, 0.29) is 47.9 Å². The van der Waals surface area contributed by atoms with Gasteiger partial charge < -0.3 is 15.0 Å². The molecule has 1 saturated carbocycles. The molecule has 2 aliphatic heterocycles. The van der Waals surface area contributed by atoms with Gasteiger partial charge in [0.15, 0.2) is 20.8 Å². The van der Waals surface area contributed by atoms with E-state index in [0.29, 0.717) is 36.5 Å². The lowest BCUT2D eigenvalue weighted by atomic mass is 9.93. The van der Waals surface area contributed by atoms with Crippen molar-refractivity contribution in [1.82, 2.24) is 24.5 Å². The number of amides is 1. The molecule has 3 aromatic heterocycles. The zero-order chi connectivity index (χ0) is 31.3. The van der Waals surface area contributed by atoms with E-state index < -0.39 is 27.4 Å². The first-order chi connectivity index (χ1) is 20.8. The number of pyridine rings is 2. The van der Waals surface area contributed by atoms with Crippen LogP contribution >= 0.6 is 0 Å². The molecule has 1 aliphatic carbocycles. The van der Waals surface area contributed by atoms with Gasteiger partial charge in [-0.05, 0) is 82.6 Å². The molecule has 1 saturated heterocycles. The lowest BCUT2D eigenvalue weighted by Gasteiger charge is -2.34. The smallest absolute Gasteiger partial charge is 0.394 e. The number of hydrogen-bond donors (Lipinski definition) is 3. The molecular weight excluding hydrogens is 597 g/mol. The highest BCUT2D eigenvalue weighted by molar-refractivity contribution is 7.91. The van der Waals surface area contributed by atoms with Crippen LogP contribution in [0.3, 0.4) is 0 Å². The molecule has 44 heavy (non-hydrogen) atoms. The molecule has 3 aromatic rings. The monoisotopic (exact) mass is 632 g/mol. The minimum Gasteiger partial charge on any atom is -0.477 e. The average molecular weight is 633 g/mol. The van der Waals surface area contributed by atoms with Gasteiger partial charge in [0.25, 0.3) is 5.91 Å². The molecule has 5 heterocycles. The van der Waals surface area contributed by atoms with Crippen LogP contribution in [-0.2, 0) is 9.92 Å². The van der Waals surface area contributed by atoms with Gasteiger partial charge in [0, 0.05) is 30.9 Å². The summed E-state index contributed by atoms with van der Waals surface area (Å²) in [5, 5.41) is 7.53. The van der Waals surface area contributed by atoms with E-state index in [1.807, 2.05) is 0 Å². The highest BCUT2D eigenvalue weighted by atomic mass is 32.2. The number of carbonyl (C=O) groups excluding carboxylic acids is 1. The predicted molar refractivity (Wildman–Crippen MR) is 157 cm³/mol. The number of anilines is 2. The van der Waals surface area contributed by atoms with Crippen molar-refractivity contribution in [2.45, 2.75) is 69.1 Å². The summed E-state index contributed by atoms with van der Waals surface area (Å²) in [7, 11) is -3.80. The molecule has 6 rings (SSSR count). The molecule has 2 unspecified atom stereocenters. The van der Waals surface area contributed by atoms with Gasteiger partial charge in [-0.1, -0.05) is 6.07 Å². The number of nitrogens with one attached hydrogen (secondary N) is 3. The maximum absolute atomic E-state index is 13.6. The molecule has 2 atom stereocenters. The Hall–Kier alpha value is -3.88.